The lowest BCUT2D eigenvalue weighted by Crippen LogP contribution is -2.31. The molecular formula is C14H13F2N3O3S. The Bertz CT molecular complexity index is 870. The van der Waals surface area contributed by atoms with Crippen molar-refractivity contribution < 1.29 is 22.0 Å². The van der Waals surface area contributed by atoms with Crippen molar-refractivity contribution in [2.24, 2.45) is 0 Å². The third-order valence-corrected chi connectivity index (χ3v) is 4.32. The van der Waals surface area contributed by atoms with Crippen LogP contribution in [0.15, 0.2) is 29.3 Å². The van der Waals surface area contributed by atoms with Crippen LogP contribution in [0.3, 0.4) is 0 Å². The van der Waals surface area contributed by atoms with Gasteiger partial charge in [0, 0.05) is 6.20 Å². The second-order valence-corrected chi connectivity index (χ2v) is 6.32. The summed E-state index contributed by atoms with van der Waals surface area (Å²) in [4.78, 5) is 19.5. The molecule has 0 fully saturated rings. The summed E-state index contributed by atoms with van der Waals surface area (Å²) in [6, 6.07) is 2.03. The van der Waals surface area contributed by atoms with Gasteiger partial charge in [0.25, 0.3) is 15.9 Å². The van der Waals surface area contributed by atoms with E-state index < -0.39 is 32.5 Å². The van der Waals surface area contributed by atoms with Crippen LogP contribution >= 0.6 is 0 Å². The Morgan fingerprint density at radius 2 is 1.96 bits per heavy atom. The van der Waals surface area contributed by atoms with Crippen molar-refractivity contribution in [2.45, 2.75) is 25.2 Å². The molecule has 1 N–H and O–H groups in total. The average molecular weight is 341 g/mol. The van der Waals surface area contributed by atoms with Crippen LogP contribution in [0.2, 0.25) is 0 Å². The first-order valence-electron chi connectivity index (χ1n) is 6.59. The quantitative estimate of drug-likeness (QED) is 0.915. The number of benzene rings is 1. The first-order chi connectivity index (χ1) is 10.7. The van der Waals surface area contributed by atoms with Crippen LogP contribution in [-0.4, -0.2) is 24.3 Å². The van der Waals surface area contributed by atoms with E-state index in [4.69, 9.17) is 0 Å². The molecule has 0 radical (unpaired) electrons. The number of hydrogen-bond donors (Lipinski definition) is 1. The number of nitrogens with one attached hydrogen (secondary N) is 1. The number of nitrogens with zero attached hydrogens (tertiary/aromatic N) is 2. The number of carbonyl (C=O) groups is 1. The minimum Gasteiger partial charge on any atom is -0.268 e. The van der Waals surface area contributed by atoms with Crippen molar-refractivity contribution in [3.8, 4) is 0 Å². The number of halogens is 2. The highest BCUT2D eigenvalue weighted by Crippen LogP contribution is 2.15. The fraction of sp³-hybridized carbons (Fsp3) is 0.214. The molecule has 122 valence electrons. The van der Waals surface area contributed by atoms with Crippen LogP contribution in [0.5, 0.6) is 0 Å². The van der Waals surface area contributed by atoms with Gasteiger partial charge >= 0.3 is 0 Å². The van der Waals surface area contributed by atoms with Crippen LogP contribution in [0.25, 0.3) is 0 Å². The smallest absolute Gasteiger partial charge is 0.268 e. The average Bonchev–Trinajstić information content (AvgIpc) is 2.49. The van der Waals surface area contributed by atoms with Gasteiger partial charge < -0.3 is 0 Å². The van der Waals surface area contributed by atoms with Gasteiger partial charge in [-0.15, -0.1) is 0 Å². The van der Waals surface area contributed by atoms with E-state index >= 15 is 0 Å². The molecule has 6 nitrogen and oxygen atoms in total. The number of aromatic nitrogens is 2. The van der Waals surface area contributed by atoms with Gasteiger partial charge in [-0.25, -0.2) is 31.9 Å². The zero-order valence-corrected chi connectivity index (χ0v) is 13.1. The van der Waals surface area contributed by atoms with E-state index in [0.717, 1.165) is 6.07 Å². The standard InChI is InChI=1S/C14H13F2N3O3S/c1-3-13-10(7-17-8(2)18-13)14(20)19-23(21,22)9-4-5-11(15)12(16)6-9/h4-7H,3H2,1-2H3,(H,19,20). The maximum absolute atomic E-state index is 13.2. The van der Waals surface area contributed by atoms with E-state index in [1.54, 1.807) is 18.6 Å². The number of sulfonamides is 1. The molecule has 0 atom stereocenters. The maximum Gasteiger partial charge on any atom is 0.268 e. The highest BCUT2D eigenvalue weighted by Gasteiger charge is 2.22. The molecule has 0 aliphatic heterocycles. The van der Waals surface area contributed by atoms with Crippen LogP contribution in [0.1, 0.15) is 28.8 Å². The highest BCUT2D eigenvalue weighted by atomic mass is 32.2. The van der Waals surface area contributed by atoms with Gasteiger partial charge in [-0.3, -0.25) is 4.79 Å². The van der Waals surface area contributed by atoms with E-state index in [-0.39, 0.29) is 5.56 Å². The number of aryl methyl sites for hydroxylation is 2. The minimum absolute atomic E-state index is 0.00394. The molecule has 2 rings (SSSR count). The molecule has 1 aromatic carbocycles. The Hall–Kier alpha value is -2.42. The Morgan fingerprint density at radius 3 is 2.57 bits per heavy atom. The van der Waals surface area contributed by atoms with Crippen molar-refractivity contribution >= 4 is 15.9 Å². The molecule has 9 heteroatoms. The third-order valence-electron chi connectivity index (χ3n) is 3.00. The second kappa shape index (κ2) is 6.37. The van der Waals surface area contributed by atoms with Gasteiger partial charge in [-0.05, 0) is 31.5 Å². The van der Waals surface area contributed by atoms with Crippen LogP contribution in [-0.2, 0) is 16.4 Å². The van der Waals surface area contributed by atoms with Gasteiger partial charge in [-0.1, -0.05) is 6.92 Å². The van der Waals surface area contributed by atoms with E-state index in [0.29, 0.717) is 30.1 Å². The van der Waals surface area contributed by atoms with Crippen LogP contribution in [0.4, 0.5) is 8.78 Å². The van der Waals surface area contributed by atoms with Gasteiger partial charge in [-0.2, -0.15) is 0 Å². The molecule has 0 bridgehead atoms. The minimum atomic E-state index is -4.34. The number of hydrogen-bond acceptors (Lipinski definition) is 5. The molecule has 1 amide bonds. The first kappa shape index (κ1) is 16.9. The molecule has 23 heavy (non-hydrogen) atoms. The number of rotatable bonds is 4. The first-order valence-corrected chi connectivity index (χ1v) is 8.07. The van der Waals surface area contributed by atoms with E-state index in [9.17, 15) is 22.0 Å². The summed E-state index contributed by atoms with van der Waals surface area (Å²) in [5.41, 5.74) is 0.389. The van der Waals surface area contributed by atoms with Crippen molar-refractivity contribution in [3.63, 3.8) is 0 Å². The molecule has 2 aromatic rings. The zero-order chi connectivity index (χ0) is 17.2. The summed E-state index contributed by atoms with van der Waals surface area (Å²) in [6.07, 6.45) is 1.62. The largest absolute Gasteiger partial charge is 0.268 e. The van der Waals surface area contributed by atoms with Gasteiger partial charge in [0.2, 0.25) is 0 Å². The number of carbonyl (C=O) groups excluding carboxylic acids is 1. The summed E-state index contributed by atoms with van der Waals surface area (Å²) < 4.78 is 52.0. The molecule has 0 spiro atoms. The fourth-order valence-electron chi connectivity index (χ4n) is 1.86. The SMILES string of the molecule is CCc1nc(C)ncc1C(=O)NS(=O)(=O)c1ccc(F)c(F)c1. The normalized spacial score (nSPS) is 11.3. The van der Waals surface area contributed by atoms with Crippen LogP contribution in [0, 0.1) is 18.6 Å². The highest BCUT2D eigenvalue weighted by molar-refractivity contribution is 7.90. The molecule has 1 heterocycles. The van der Waals surface area contributed by atoms with Gasteiger partial charge in [0.1, 0.15) is 5.82 Å². The van der Waals surface area contributed by atoms with E-state index in [1.165, 1.54) is 6.20 Å². The van der Waals surface area contributed by atoms with Gasteiger partial charge in [0.15, 0.2) is 11.6 Å². The predicted molar refractivity (Wildman–Crippen MR) is 77.2 cm³/mol. The zero-order valence-electron chi connectivity index (χ0n) is 12.3. The summed E-state index contributed by atoms with van der Waals surface area (Å²) in [7, 11) is -4.34. The van der Waals surface area contributed by atoms with Crippen molar-refractivity contribution in [3.05, 3.63) is 53.1 Å². The second-order valence-electron chi connectivity index (χ2n) is 4.64. The Kier molecular flexibility index (Phi) is 4.69. The molecule has 0 aliphatic rings. The van der Waals surface area contributed by atoms with Crippen molar-refractivity contribution in [1.82, 2.24) is 14.7 Å². The van der Waals surface area contributed by atoms with Crippen molar-refractivity contribution in [1.29, 1.82) is 0 Å². The predicted octanol–water partition coefficient (Wildman–Crippen LogP) is 1.74. The Balaban J connectivity index is 2.33. The monoisotopic (exact) mass is 341 g/mol. The summed E-state index contributed by atoms with van der Waals surface area (Å²) in [6.45, 7) is 3.39. The lowest BCUT2D eigenvalue weighted by atomic mass is 10.2. The molecule has 0 saturated carbocycles. The molecule has 0 aliphatic carbocycles. The fourth-order valence-corrected chi connectivity index (χ4v) is 2.83. The summed E-state index contributed by atoms with van der Waals surface area (Å²) in [5.74, 6) is -3.00. The Labute approximate surface area is 131 Å². The third kappa shape index (κ3) is 3.67. The lowest BCUT2D eigenvalue weighted by Gasteiger charge is -2.09. The Morgan fingerprint density at radius 1 is 1.26 bits per heavy atom. The van der Waals surface area contributed by atoms with E-state index in [1.807, 2.05) is 0 Å². The molecule has 1 aromatic heterocycles. The topological polar surface area (TPSA) is 89.0 Å². The molecule has 0 saturated heterocycles. The molecule has 0 unspecified atom stereocenters. The molecular weight excluding hydrogens is 328 g/mol. The van der Waals surface area contributed by atoms with Gasteiger partial charge in [0.05, 0.1) is 16.2 Å². The van der Waals surface area contributed by atoms with E-state index in [2.05, 4.69) is 9.97 Å². The lowest BCUT2D eigenvalue weighted by molar-refractivity contribution is 0.0979. The van der Waals surface area contributed by atoms with Crippen molar-refractivity contribution in [2.75, 3.05) is 0 Å². The number of amides is 1. The summed E-state index contributed by atoms with van der Waals surface area (Å²) >= 11 is 0. The summed E-state index contributed by atoms with van der Waals surface area (Å²) in [5, 5.41) is 0. The maximum atomic E-state index is 13.2. The van der Waals surface area contributed by atoms with Crippen LogP contribution < -0.4 is 4.72 Å².